The van der Waals surface area contributed by atoms with Crippen LogP contribution >= 0.6 is 22.9 Å². The van der Waals surface area contributed by atoms with Crippen molar-refractivity contribution >= 4 is 45.1 Å². The molecule has 4 aromatic rings. The van der Waals surface area contributed by atoms with Crippen molar-refractivity contribution in [1.82, 2.24) is 19.1 Å². The van der Waals surface area contributed by atoms with Crippen LogP contribution in [0.25, 0.3) is 22.4 Å². The highest BCUT2D eigenvalue weighted by Crippen LogP contribution is 2.28. The highest BCUT2D eigenvalue weighted by atomic mass is 35.5. The zero-order chi connectivity index (χ0) is 20.7. The zero-order valence-electron chi connectivity index (χ0n) is 16.1. The number of thiazole rings is 1. The number of pyridine rings is 1. The van der Waals surface area contributed by atoms with Gasteiger partial charge >= 0.3 is 0 Å². The normalized spacial score (nSPS) is 11.2. The number of amides is 1. The fraction of sp³-hybridized carbons (Fsp3) is 0.200. The van der Waals surface area contributed by atoms with Crippen LogP contribution in [0.15, 0.2) is 40.8 Å². The molecule has 3 heterocycles. The molecule has 0 aliphatic carbocycles. The maximum atomic E-state index is 12.5. The molecule has 7 nitrogen and oxygen atoms in total. The number of aryl methyl sites for hydroxylation is 3. The van der Waals surface area contributed by atoms with Gasteiger partial charge in [0.2, 0.25) is 5.91 Å². The van der Waals surface area contributed by atoms with E-state index in [1.54, 1.807) is 17.9 Å². The molecule has 0 aliphatic rings. The number of imidazole rings is 1. The topological polar surface area (TPSA) is 81.8 Å². The molecule has 1 aromatic carbocycles. The molecule has 1 amide bonds. The van der Waals surface area contributed by atoms with Gasteiger partial charge in [-0.15, -0.1) is 11.3 Å². The van der Waals surface area contributed by atoms with E-state index in [4.69, 9.17) is 11.6 Å². The maximum Gasteiger partial charge on any atom is 0.252 e. The van der Waals surface area contributed by atoms with Gasteiger partial charge in [-0.3, -0.25) is 14.2 Å². The number of hydrogen-bond acceptors (Lipinski definition) is 5. The Balaban J connectivity index is 1.53. The summed E-state index contributed by atoms with van der Waals surface area (Å²) in [5, 5.41) is 5.89. The van der Waals surface area contributed by atoms with Gasteiger partial charge in [-0.2, -0.15) is 0 Å². The Hall–Kier alpha value is -2.97. The first-order valence-corrected chi connectivity index (χ1v) is 10.1. The highest BCUT2D eigenvalue weighted by Gasteiger charge is 2.14. The fourth-order valence-corrected chi connectivity index (χ4v) is 4.04. The van der Waals surface area contributed by atoms with E-state index in [0.717, 1.165) is 27.9 Å². The lowest BCUT2D eigenvalue weighted by atomic mass is 10.1. The van der Waals surface area contributed by atoms with Gasteiger partial charge in [0.15, 0.2) is 10.8 Å². The van der Waals surface area contributed by atoms with Crippen molar-refractivity contribution in [2.45, 2.75) is 20.4 Å². The lowest BCUT2D eigenvalue weighted by Crippen LogP contribution is -2.20. The van der Waals surface area contributed by atoms with E-state index in [2.05, 4.69) is 15.3 Å². The molecular weight excluding hydrogens is 410 g/mol. The highest BCUT2D eigenvalue weighted by molar-refractivity contribution is 7.14. The van der Waals surface area contributed by atoms with Crippen LogP contribution in [0.2, 0.25) is 5.02 Å². The van der Waals surface area contributed by atoms with E-state index in [1.807, 2.05) is 37.4 Å². The van der Waals surface area contributed by atoms with Crippen LogP contribution in [0.5, 0.6) is 0 Å². The third kappa shape index (κ3) is 3.68. The predicted molar refractivity (Wildman–Crippen MR) is 116 cm³/mol. The minimum absolute atomic E-state index is 0.0703. The van der Waals surface area contributed by atoms with Crippen LogP contribution in [0.4, 0.5) is 5.13 Å². The monoisotopic (exact) mass is 427 g/mol. The smallest absolute Gasteiger partial charge is 0.252 e. The van der Waals surface area contributed by atoms with Gasteiger partial charge in [0.25, 0.3) is 5.56 Å². The van der Waals surface area contributed by atoms with Gasteiger partial charge in [0.05, 0.1) is 17.5 Å². The Morgan fingerprint density at radius 2 is 2.03 bits per heavy atom. The number of nitrogens with zero attached hydrogens (tertiary/aromatic N) is 4. The number of rotatable bonds is 4. The SMILES string of the molecule is Cc1ccc(-c2csc(NC(=O)Cn3cnc4c3c(C)cc(=O)n4C)n2)cc1Cl. The minimum Gasteiger partial charge on any atom is -0.320 e. The standard InChI is InChI=1S/C20H18ClN5O2S/c1-11-4-5-13(7-14(11)21)15-9-29-20(23-15)24-16(27)8-26-10-22-19-18(26)12(2)6-17(28)25(19)3/h4-7,9-10H,8H2,1-3H3,(H,23,24,27). The molecule has 29 heavy (non-hydrogen) atoms. The first kappa shape index (κ1) is 19.4. The van der Waals surface area contributed by atoms with Crippen LogP contribution in [0, 0.1) is 13.8 Å². The number of hydrogen-bond donors (Lipinski definition) is 1. The molecule has 4 rings (SSSR count). The second-order valence-electron chi connectivity index (χ2n) is 6.82. The van der Waals surface area contributed by atoms with Gasteiger partial charge in [-0.05, 0) is 31.0 Å². The second-order valence-corrected chi connectivity index (χ2v) is 8.08. The van der Waals surface area contributed by atoms with Gasteiger partial charge in [-0.25, -0.2) is 9.97 Å². The Kier molecular flexibility index (Phi) is 4.97. The molecule has 0 saturated heterocycles. The molecule has 1 N–H and O–H groups in total. The van der Waals surface area contributed by atoms with Gasteiger partial charge in [-0.1, -0.05) is 23.7 Å². The molecule has 0 spiro atoms. The maximum absolute atomic E-state index is 12.5. The molecule has 0 radical (unpaired) electrons. The molecule has 148 valence electrons. The summed E-state index contributed by atoms with van der Waals surface area (Å²) < 4.78 is 3.20. The van der Waals surface area contributed by atoms with E-state index in [-0.39, 0.29) is 18.0 Å². The summed E-state index contributed by atoms with van der Waals surface area (Å²) in [7, 11) is 1.66. The lowest BCUT2D eigenvalue weighted by molar-refractivity contribution is -0.116. The third-order valence-corrected chi connectivity index (χ3v) is 5.88. The predicted octanol–water partition coefficient (Wildman–Crippen LogP) is 3.77. The molecular formula is C20H18ClN5O2S. The van der Waals surface area contributed by atoms with Crippen molar-refractivity contribution in [2.24, 2.45) is 7.05 Å². The van der Waals surface area contributed by atoms with E-state index in [9.17, 15) is 9.59 Å². The minimum atomic E-state index is -0.222. The third-order valence-electron chi connectivity index (χ3n) is 4.71. The van der Waals surface area contributed by atoms with Gasteiger partial charge < -0.3 is 9.88 Å². The summed E-state index contributed by atoms with van der Waals surface area (Å²) in [5.74, 6) is -0.222. The Labute approximate surface area is 175 Å². The molecule has 9 heteroatoms. The number of carbonyl (C=O) groups is 1. The average Bonchev–Trinajstić information content (AvgIpc) is 3.30. The largest absolute Gasteiger partial charge is 0.320 e. The quantitative estimate of drug-likeness (QED) is 0.537. The van der Waals surface area contributed by atoms with E-state index in [1.165, 1.54) is 22.0 Å². The molecule has 0 aliphatic heterocycles. The number of aromatic nitrogens is 4. The van der Waals surface area contributed by atoms with Crippen LogP contribution in [0.1, 0.15) is 11.1 Å². The number of nitrogens with one attached hydrogen (secondary N) is 1. The average molecular weight is 428 g/mol. The molecule has 0 bridgehead atoms. The van der Waals surface area contributed by atoms with Gasteiger partial charge in [0, 0.05) is 29.1 Å². The number of benzene rings is 1. The fourth-order valence-electron chi connectivity index (χ4n) is 3.12. The summed E-state index contributed by atoms with van der Waals surface area (Å²) in [6, 6.07) is 7.29. The Bertz CT molecular complexity index is 1300. The van der Waals surface area contributed by atoms with Crippen LogP contribution in [-0.2, 0) is 18.4 Å². The number of fused-ring (bicyclic) bond motifs is 1. The van der Waals surface area contributed by atoms with Crippen LogP contribution < -0.4 is 10.9 Å². The molecule has 0 unspecified atom stereocenters. The molecule has 0 fully saturated rings. The molecule has 3 aromatic heterocycles. The summed E-state index contributed by atoms with van der Waals surface area (Å²) in [6.07, 6.45) is 1.57. The summed E-state index contributed by atoms with van der Waals surface area (Å²) in [5.41, 5.74) is 4.62. The van der Waals surface area contributed by atoms with Gasteiger partial charge in [0.1, 0.15) is 6.54 Å². The van der Waals surface area contributed by atoms with Crippen molar-refractivity contribution in [3.8, 4) is 11.3 Å². The first-order chi connectivity index (χ1) is 13.8. The van der Waals surface area contributed by atoms with Crippen LogP contribution in [0.3, 0.4) is 0 Å². The number of anilines is 1. The van der Waals surface area contributed by atoms with Crippen molar-refractivity contribution in [2.75, 3.05) is 5.32 Å². The lowest BCUT2D eigenvalue weighted by Gasteiger charge is -2.07. The van der Waals surface area contributed by atoms with E-state index >= 15 is 0 Å². The Morgan fingerprint density at radius 3 is 2.79 bits per heavy atom. The molecule has 0 atom stereocenters. The van der Waals surface area contributed by atoms with Crippen molar-refractivity contribution in [3.63, 3.8) is 0 Å². The summed E-state index contributed by atoms with van der Waals surface area (Å²) in [6.45, 7) is 3.85. The zero-order valence-corrected chi connectivity index (χ0v) is 17.6. The van der Waals surface area contributed by atoms with Crippen molar-refractivity contribution < 1.29 is 4.79 Å². The van der Waals surface area contributed by atoms with Crippen molar-refractivity contribution in [1.29, 1.82) is 0 Å². The second kappa shape index (κ2) is 7.46. The first-order valence-electron chi connectivity index (χ1n) is 8.87. The molecule has 0 saturated carbocycles. The number of halogens is 1. The van der Waals surface area contributed by atoms with E-state index < -0.39 is 0 Å². The van der Waals surface area contributed by atoms with E-state index in [0.29, 0.717) is 15.8 Å². The summed E-state index contributed by atoms with van der Waals surface area (Å²) >= 11 is 7.54. The van der Waals surface area contributed by atoms with Crippen LogP contribution in [-0.4, -0.2) is 25.0 Å². The number of carbonyl (C=O) groups excluding carboxylic acids is 1. The Morgan fingerprint density at radius 1 is 1.24 bits per heavy atom. The summed E-state index contributed by atoms with van der Waals surface area (Å²) in [4.78, 5) is 33.2. The van der Waals surface area contributed by atoms with Crippen molar-refractivity contribution in [3.05, 3.63) is 62.5 Å².